The molecule has 0 atom stereocenters. The first-order valence-electron chi connectivity index (χ1n) is 8.39. The number of amides is 1. The molecule has 0 fully saturated rings. The number of anilines is 1. The summed E-state index contributed by atoms with van der Waals surface area (Å²) in [6.45, 7) is 1.95. The minimum atomic E-state index is -0.191. The van der Waals surface area contributed by atoms with Crippen LogP contribution in [0, 0.1) is 6.92 Å². The standard InChI is InChI=1S/C22H17N3O/c1-15-7-8-17-9-11-19(13-21(17)24-15)25-22(26)18-10-12-20(23-14-18)16-5-3-2-4-6-16/h2-14H,1H3,(H,25,26). The summed E-state index contributed by atoms with van der Waals surface area (Å²) in [7, 11) is 0. The maximum Gasteiger partial charge on any atom is 0.257 e. The molecule has 4 aromatic rings. The van der Waals surface area contributed by atoms with Crippen molar-refractivity contribution in [3.8, 4) is 11.3 Å². The van der Waals surface area contributed by atoms with E-state index in [1.165, 1.54) is 0 Å². The van der Waals surface area contributed by atoms with E-state index in [1.54, 1.807) is 12.3 Å². The highest BCUT2D eigenvalue weighted by Crippen LogP contribution is 2.20. The molecule has 2 aromatic carbocycles. The zero-order valence-corrected chi connectivity index (χ0v) is 14.3. The second kappa shape index (κ2) is 6.76. The number of nitrogens with one attached hydrogen (secondary N) is 1. The van der Waals surface area contributed by atoms with Crippen molar-refractivity contribution in [1.82, 2.24) is 9.97 Å². The molecule has 0 unspecified atom stereocenters. The molecule has 4 heteroatoms. The molecule has 0 aliphatic rings. The second-order valence-corrected chi connectivity index (χ2v) is 6.11. The number of carbonyl (C=O) groups excluding carboxylic acids is 1. The van der Waals surface area contributed by atoms with Gasteiger partial charge in [-0.3, -0.25) is 14.8 Å². The van der Waals surface area contributed by atoms with Gasteiger partial charge in [-0.2, -0.15) is 0 Å². The third-order valence-corrected chi connectivity index (χ3v) is 4.18. The third-order valence-electron chi connectivity index (χ3n) is 4.18. The number of nitrogens with zero attached hydrogens (tertiary/aromatic N) is 2. The Labute approximate surface area is 151 Å². The zero-order valence-electron chi connectivity index (χ0n) is 14.3. The third kappa shape index (κ3) is 3.30. The van der Waals surface area contributed by atoms with Crippen LogP contribution in [0.2, 0.25) is 0 Å². The summed E-state index contributed by atoms with van der Waals surface area (Å²) in [4.78, 5) is 21.4. The van der Waals surface area contributed by atoms with Crippen LogP contribution in [0.25, 0.3) is 22.2 Å². The number of rotatable bonds is 3. The van der Waals surface area contributed by atoms with Crippen LogP contribution >= 0.6 is 0 Å². The lowest BCUT2D eigenvalue weighted by Gasteiger charge is -2.07. The monoisotopic (exact) mass is 339 g/mol. The van der Waals surface area contributed by atoms with Crippen molar-refractivity contribution in [3.05, 3.63) is 90.3 Å². The van der Waals surface area contributed by atoms with Gasteiger partial charge in [0.1, 0.15) is 0 Å². The van der Waals surface area contributed by atoms with Crippen molar-refractivity contribution in [3.63, 3.8) is 0 Å². The van der Waals surface area contributed by atoms with Crippen LogP contribution in [0.15, 0.2) is 79.0 Å². The first kappa shape index (κ1) is 16.0. The lowest BCUT2D eigenvalue weighted by atomic mass is 10.1. The predicted octanol–water partition coefficient (Wildman–Crippen LogP) is 4.86. The van der Waals surface area contributed by atoms with Crippen LogP contribution in [0.1, 0.15) is 16.1 Å². The first-order valence-corrected chi connectivity index (χ1v) is 8.39. The Kier molecular flexibility index (Phi) is 4.15. The van der Waals surface area contributed by atoms with Gasteiger partial charge in [-0.15, -0.1) is 0 Å². The van der Waals surface area contributed by atoms with Crippen molar-refractivity contribution in [2.24, 2.45) is 0 Å². The molecule has 0 aliphatic carbocycles. The fraction of sp³-hybridized carbons (Fsp3) is 0.0455. The summed E-state index contributed by atoms with van der Waals surface area (Å²) in [5.74, 6) is -0.191. The number of aromatic nitrogens is 2. The van der Waals surface area contributed by atoms with Gasteiger partial charge >= 0.3 is 0 Å². The van der Waals surface area contributed by atoms with Gasteiger partial charge in [-0.25, -0.2) is 0 Å². The molecule has 0 bridgehead atoms. The minimum Gasteiger partial charge on any atom is -0.322 e. The number of hydrogen-bond donors (Lipinski definition) is 1. The molecule has 0 aliphatic heterocycles. The molecule has 4 nitrogen and oxygen atoms in total. The SMILES string of the molecule is Cc1ccc2ccc(NC(=O)c3ccc(-c4ccccc4)nc3)cc2n1. The Morgan fingerprint density at radius 2 is 1.73 bits per heavy atom. The molecule has 1 amide bonds. The molecule has 2 aromatic heterocycles. The number of fused-ring (bicyclic) bond motifs is 1. The van der Waals surface area contributed by atoms with Gasteiger partial charge in [0.25, 0.3) is 5.91 Å². The van der Waals surface area contributed by atoms with Gasteiger partial charge in [-0.05, 0) is 37.3 Å². The molecule has 4 rings (SSSR count). The van der Waals surface area contributed by atoms with Crippen LogP contribution in [0.4, 0.5) is 5.69 Å². The number of aryl methyl sites for hydroxylation is 1. The summed E-state index contributed by atoms with van der Waals surface area (Å²) in [6, 6.07) is 23.2. The minimum absolute atomic E-state index is 0.191. The smallest absolute Gasteiger partial charge is 0.257 e. The quantitative estimate of drug-likeness (QED) is 0.580. The van der Waals surface area contributed by atoms with Crippen LogP contribution in [0.5, 0.6) is 0 Å². The Morgan fingerprint density at radius 3 is 2.50 bits per heavy atom. The number of hydrogen-bond acceptors (Lipinski definition) is 3. The second-order valence-electron chi connectivity index (χ2n) is 6.11. The maximum absolute atomic E-state index is 12.5. The fourth-order valence-electron chi connectivity index (χ4n) is 2.81. The molecular formula is C22H17N3O. The fourth-order valence-corrected chi connectivity index (χ4v) is 2.81. The summed E-state index contributed by atoms with van der Waals surface area (Å²) >= 11 is 0. The van der Waals surface area contributed by atoms with Crippen molar-refractivity contribution < 1.29 is 4.79 Å². The van der Waals surface area contributed by atoms with Gasteiger partial charge in [0.15, 0.2) is 0 Å². The van der Waals surface area contributed by atoms with Crippen LogP contribution in [0.3, 0.4) is 0 Å². The summed E-state index contributed by atoms with van der Waals surface area (Å²) in [5, 5.41) is 3.95. The highest BCUT2D eigenvalue weighted by molar-refractivity contribution is 6.05. The van der Waals surface area contributed by atoms with Gasteiger partial charge in [0.2, 0.25) is 0 Å². The van der Waals surface area contributed by atoms with Gasteiger partial charge in [-0.1, -0.05) is 42.5 Å². The molecule has 0 spiro atoms. The van der Waals surface area contributed by atoms with Crippen molar-refractivity contribution in [1.29, 1.82) is 0 Å². The summed E-state index contributed by atoms with van der Waals surface area (Å²) in [6.07, 6.45) is 1.60. The highest BCUT2D eigenvalue weighted by Gasteiger charge is 2.08. The average Bonchev–Trinajstić information content (AvgIpc) is 2.68. The predicted molar refractivity (Wildman–Crippen MR) is 104 cm³/mol. The van der Waals surface area contributed by atoms with E-state index in [9.17, 15) is 4.79 Å². The molecule has 0 radical (unpaired) electrons. The molecule has 26 heavy (non-hydrogen) atoms. The van der Waals surface area contributed by atoms with E-state index in [0.717, 1.165) is 27.9 Å². The van der Waals surface area contributed by atoms with Crippen LogP contribution in [-0.4, -0.2) is 15.9 Å². The van der Waals surface area contributed by atoms with Crippen molar-refractivity contribution in [2.45, 2.75) is 6.92 Å². The maximum atomic E-state index is 12.5. The van der Waals surface area contributed by atoms with E-state index >= 15 is 0 Å². The molecular weight excluding hydrogens is 322 g/mol. The Bertz CT molecular complexity index is 1070. The van der Waals surface area contributed by atoms with E-state index in [-0.39, 0.29) is 5.91 Å². The first-order chi connectivity index (χ1) is 12.7. The highest BCUT2D eigenvalue weighted by atomic mass is 16.1. The van der Waals surface area contributed by atoms with E-state index in [0.29, 0.717) is 11.3 Å². The average molecular weight is 339 g/mol. The van der Waals surface area contributed by atoms with Crippen molar-refractivity contribution in [2.75, 3.05) is 5.32 Å². The molecule has 0 saturated carbocycles. The summed E-state index contributed by atoms with van der Waals surface area (Å²) in [5.41, 5.74) is 4.90. The largest absolute Gasteiger partial charge is 0.322 e. The van der Waals surface area contributed by atoms with Gasteiger partial charge < -0.3 is 5.32 Å². The van der Waals surface area contributed by atoms with Gasteiger partial charge in [0.05, 0.1) is 16.8 Å². The molecule has 2 heterocycles. The Hall–Kier alpha value is -3.53. The number of benzene rings is 2. The van der Waals surface area contributed by atoms with Crippen LogP contribution in [-0.2, 0) is 0 Å². The van der Waals surface area contributed by atoms with E-state index in [2.05, 4.69) is 15.3 Å². The van der Waals surface area contributed by atoms with Crippen LogP contribution < -0.4 is 5.32 Å². The van der Waals surface area contributed by atoms with E-state index in [1.807, 2.05) is 73.7 Å². The molecule has 0 saturated heterocycles. The van der Waals surface area contributed by atoms with Crippen molar-refractivity contribution >= 4 is 22.5 Å². The number of carbonyl (C=O) groups is 1. The summed E-state index contributed by atoms with van der Waals surface area (Å²) < 4.78 is 0. The van der Waals surface area contributed by atoms with E-state index < -0.39 is 0 Å². The Balaban J connectivity index is 1.54. The normalized spacial score (nSPS) is 10.7. The van der Waals surface area contributed by atoms with Gasteiger partial charge in [0, 0.05) is 28.5 Å². The lowest BCUT2D eigenvalue weighted by molar-refractivity contribution is 0.102. The Morgan fingerprint density at radius 1 is 0.923 bits per heavy atom. The number of pyridine rings is 2. The molecule has 1 N–H and O–H groups in total. The van der Waals surface area contributed by atoms with E-state index in [4.69, 9.17) is 0 Å². The zero-order chi connectivity index (χ0) is 17.9. The topological polar surface area (TPSA) is 54.9 Å². The molecule has 126 valence electrons. The lowest BCUT2D eigenvalue weighted by Crippen LogP contribution is -2.12.